The van der Waals surface area contributed by atoms with E-state index in [1.54, 1.807) is 6.92 Å². The minimum Gasteiger partial charge on any atom is -0.465 e. The summed E-state index contributed by atoms with van der Waals surface area (Å²) in [5.74, 6) is -0.278. The Hall–Kier alpha value is -0.650. The Balaban J connectivity index is 2.16. The summed E-state index contributed by atoms with van der Waals surface area (Å²) >= 11 is 0. The molecular formula is C12H25N3O2. The van der Waals surface area contributed by atoms with Gasteiger partial charge in [0.15, 0.2) is 0 Å². The smallest absolute Gasteiger partial charge is 0.322 e. The molecule has 0 aliphatic carbocycles. The van der Waals surface area contributed by atoms with Crippen LogP contribution in [0.2, 0.25) is 0 Å². The number of nitrogens with two attached hydrogens (primary N) is 1. The average Bonchev–Trinajstić information content (AvgIpc) is 2.36. The van der Waals surface area contributed by atoms with Gasteiger partial charge in [0, 0.05) is 32.7 Å². The van der Waals surface area contributed by atoms with Crippen LogP contribution in [-0.2, 0) is 9.53 Å². The SMILES string of the molecule is CCOC(=O)C(N)CCN1CCN(CC)CC1. The Morgan fingerprint density at radius 3 is 2.35 bits per heavy atom. The molecule has 2 N–H and O–H groups in total. The van der Waals surface area contributed by atoms with E-state index in [9.17, 15) is 4.79 Å². The molecule has 0 spiro atoms. The van der Waals surface area contributed by atoms with E-state index in [1.807, 2.05) is 0 Å². The van der Waals surface area contributed by atoms with Gasteiger partial charge in [-0.3, -0.25) is 4.79 Å². The molecule has 1 aliphatic rings. The number of piperazine rings is 1. The zero-order chi connectivity index (χ0) is 12.7. The Morgan fingerprint density at radius 2 is 1.82 bits per heavy atom. The molecule has 5 heteroatoms. The van der Waals surface area contributed by atoms with E-state index in [0.29, 0.717) is 13.0 Å². The maximum absolute atomic E-state index is 11.3. The van der Waals surface area contributed by atoms with Crippen molar-refractivity contribution in [3.8, 4) is 0 Å². The summed E-state index contributed by atoms with van der Waals surface area (Å²) in [5, 5.41) is 0. The van der Waals surface area contributed by atoms with E-state index in [1.165, 1.54) is 0 Å². The predicted octanol–water partition coefficient (Wildman–Crippen LogP) is -0.0956. The molecule has 100 valence electrons. The Kier molecular flexibility index (Phi) is 6.47. The first-order valence-corrected chi connectivity index (χ1v) is 6.54. The molecule has 1 unspecified atom stereocenters. The predicted molar refractivity (Wildman–Crippen MR) is 67.8 cm³/mol. The highest BCUT2D eigenvalue weighted by molar-refractivity contribution is 5.75. The highest BCUT2D eigenvalue weighted by Crippen LogP contribution is 2.03. The van der Waals surface area contributed by atoms with Crippen LogP contribution in [0.5, 0.6) is 0 Å². The second-order valence-electron chi connectivity index (χ2n) is 4.42. The van der Waals surface area contributed by atoms with Gasteiger partial charge in [-0.15, -0.1) is 0 Å². The van der Waals surface area contributed by atoms with E-state index in [4.69, 9.17) is 10.5 Å². The molecule has 1 aliphatic heterocycles. The van der Waals surface area contributed by atoms with Crippen molar-refractivity contribution in [3.05, 3.63) is 0 Å². The number of ether oxygens (including phenoxy) is 1. The van der Waals surface area contributed by atoms with E-state index in [-0.39, 0.29) is 5.97 Å². The van der Waals surface area contributed by atoms with Crippen LogP contribution in [0.4, 0.5) is 0 Å². The first kappa shape index (κ1) is 14.4. The van der Waals surface area contributed by atoms with Crippen LogP contribution in [0.15, 0.2) is 0 Å². The van der Waals surface area contributed by atoms with Crippen LogP contribution in [0.1, 0.15) is 20.3 Å². The lowest BCUT2D eigenvalue weighted by Gasteiger charge is -2.34. The molecule has 0 aromatic heterocycles. The first-order chi connectivity index (χ1) is 8.17. The number of rotatable bonds is 6. The summed E-state index contributed by atoms with van der Waals surface area (Å²) in [4.78, 5) is 16.1. The fourth-order valence-electron chi connectivity index (χ4n) is 2.02. The van der Waals surface area contributed by atoms with Gasteiger partial charge in [0.1, 0.15) is 6.04 Å². The lowest BCUT2D eigenvalue weighted by molar-refractivity contribution is -0.144. The van der Waals surface area contributed by atoms with Crippen LogP contribution in [0.25, 0.3) is 0 Å². The Labute approximate surface area is 104 Å². The van der Waals surface area contributed by atoms with Crippen molar-refractivity contribution < 1.29 is 9.53 Å². The zero-order valence-electron chi connectivity index (χ0n) is 11.0. The molecule has 17 heavy (non-hydrogen) atoms. The highest BCUT2D eigenvalue weighted by Gasteiger charge is 2.19. The number of esters is 1. The minimum absolute atomic E-state index is 0.278. The second-order valence-corrected chi connectivity index (χ2v) is 4.42. The van der Waals surface area contributed by atoms with E-state index < -0.39 is 6.04 Å². The van der Waals surface area contributed by atoms with Gasteiger partial charge in [-0.25, -0.2) is 0 Å². The van der Waals surface area contributed by atoms with Crippen molar-refractivity contribution in [3.63, 3.8) is 0 Å². The maximum Gasteiger partial charge on any atom is 0.322 e. The van der Waals surface area contributed by atoms with Gasteiger partial charge in [0.2, 0.25) is 0 Å². The summed E-state index contributed by atoms with van der Waals surface area (Å²) in [6, 6.07) is -0.473. The summed E-state index contributed by atoms with van der Waals surface area (Å²) in [6.07, 6.45) is 0.685. The molecule has 0 amide bonds. The number of hydrogen-bond donors (Lipinski definition) is 1. The molecule has 5 nitrogen and oxygen atoms in total. The Morgan fingerprint density at radius 1 is 1.24 bits per heavy atom. The fraction of sp³-hybridized carbons (Fsp3) is 0.917. The molecular weight excluding hydrogens is 218 g/mol. The van der Waals surface area contributed by atoms with Gasteiger partial charge in [-0.2, -0.15) is 0 Å². The molecule has 0 bridgehead atoms. The largest absolute Gasteiger partial charge is 0.465 e. The quantitative estimate of drug-likeness (QED) is 0.660. The molecule has 0 radical (unpaired) electrons. The summed E-state index contributed by atoms with van der Waals surface area (Å²) in [6.45, 7) is 10.8. The van der Waals surface area contributed by atoms with Crippen LogP contribution < -0.4 is 5.73 Å². The van der Waals surface area contributed by atoms with Gasteiger partial charge in [0.25, 0.3) is 0 Å². The van der Waals surface area contributed by atoms with Crippen LogP contribution in [0.3, 0.4) is 0 Å². The average molecular weight is 243 g/mol. The molecule has 1 fully saturated rings. The third kappa shape index (κ3) is 5.02. The number of carbonyl (C=O) groups is 1. The number of hydrogen-bond acceptors (Lipinski definition) is 5. The second kappa shape index (κ2) is 7.63. The van der Waals surface area contributed by atoms with E-state index in [0.717, 1.165) is 39.3 Å². The third-order valence-corrected chi connectivity index (χ3v) is 3.26. The van der Waals surface area contributed by atoms with Gasteiger partial charge in [-0.05, 0) is 19.9 Å². The third-order valence-electron chi connectivity index (χ3n) is 3.26. The van der Waals surface area contributed by atoms with Crippen LogP contribution in [-0.4, -0.2) is 67.7 Å². The first-order valence-electron chi connectivity index (χ1n) is 6.54. The normalized spacial score (nSPS) is 20.2. The van der Waals surface area contributed by atoms with Crippen molar-refractivity contribution >= 4 is 5.97 Å². The van der Waals surface area contributed by atoms with Crippen molar-refractivity contribution in [2.45, 2.75) is 26.3 Å². The summed E-state index contributed by atoms with van der Waals surface area (Å²) in [7, 11) is 0. The van der Waals surface area contributed by atoms with Gasteiger partial charge >= 0.3 is 5.97 Å². The molecule has 0 saturated carbocycles. The molecule has 1 atom stereocenters. The standard InChI is InChI=1S/C12H25N3O2/c1-3-14-7-9-15(10-8-14)6-5-11(13)12(16)17-4-2/h11H,3-10,13H2,1-2H3. The van der Waals surface area contributed by atoms with Crippen molar-refractivity contribution in [1.82, 2.24) is 9.80 Å². The van der Waals surface area contributed by atoms with Crippen LogP contribution in [0, 0.1) is 0 Å². The topological polar surface area (TPSA) is 58.8 Å². The van der Waals surface area contributed by atoms with Gasteiger partial charge < -0.3 is 20.3 Å². The molecule has 0 aromatic rings. The number of likely N-dealkylation sites (N-methyl/N-ethyl adjacent to an activating group) is 1. The van der Waals surface area contributed by atoms with Crippen molar-refractivity contribution in [2.75, 3.05) is 45.9 Å². The van der Waals surface area contributed by atoms with Crippen molar-refractivity contribution in [2.24, 2.45) is 5.73 Å². The zero-order valence-corrected chi connectivity index (χ0v) is 11.0. The lowest BCUT2D eigenvalue weighted by atomic mass is 10.2. The molecule has 1 rings (SSSR count). The van der Waals surface area contributed by atoms with E-state index >= 15 is 0 Å². The van der Waals surface area contributed by atoms with Crippen LogP contribution >= 0.6 is 0 Å². The van der Waals surface area contributed by atoms with Gasteiger partial charge in [-0.1, -0.05) is 6.92 Å². The fourth-order valence-corrected chi connectivity index (χ4v) is 2.02. The molecule has 0 aromatic carbocycles. The highest BCUT2D eigenvalue weighted by atomic mass is 16.5. The Bertz CT molecular complexity index is 228. The summed E-state index contributed by atoms with van der Waals surface area (Å²) in [5.41, 5.74) is 5.76. The molecule has 1 heterocycles. The molecule has 1 saturated heterocycles. The maximum atomic E-state index is 11.3. The van der Waals surface area contributed by atoms with E-state index in [2.05, 4.69) is 16.7 Å². The monoisotopic (exact) mass is 243 g/mol. The lowest BCUT2D eigenvalue weighted by Crippen LogP contribution is -2.47. The number of carbonyl (C=O) groups excluding carboxylic acids is 1. The minimum atomic E-state index is -0.473. The summed E-state index contributed by atoms with van der Waals surface area (Å²) < 4.78 is 4.89. The van der Waals surface area contributed by atoms with Crippen molar-refractivity contribution in [1.29, 1.82) is 0 Å². The number of nitrogens with zero attached hydrogens (tertiary/aromatic N) is 2. The van der Waals surface area contributed by atoms with Gasteiger partial charge in [0.05, 0.1) is 6.61 Å².